The molecule has 0 spiro atoms. The van der Waals surface area contributed by atoms with E-state index >= 15 is 4.39 Å². The SMILES string of the molecule is C=C1C(C)=CC(c2cc(F)c3nc(C4CCN(C)CC4)ccc3c2)=NN1C=C(C)C. The number of aromatic nitrogens is 1. The first-order valence-corrected chi connectivity index (χ1v) is 10.5. The molecule has 3 heterocycles. The van der Waals surface area contributed by atoms with Crippen LogP contribution in [0.4, 0.5) is 4.39 Å². The van der Waals surface area contributed by atoms with Crippen molar-refractivity contribution in [1.29, 1.82) is 0 Å². The number of hydrogen-bond donors (Lipinski definition) is 0. The van der Waals surface area contributed by atoms with Crippen LogP contribution in [0.2, 0.25) is 0 Å². The van der Waals surface area contributed by atoms with Gasteiger partial charge in [-0.2, -0.15) is 5.10 Å². The van der Waals surface area contributed by atoms with Crippen molar-refractivity contribution in [1.82, 2.24) is 14.9 Å². The molecule has 0 bridgehead atoms. The highest BCUT2D eigenvalue weighted by atomic mass is 19.1. The van der Waals surface area contributed by atoms with E-state index in [2.05, 4.69) is 29.7 Å². The number of hydrogen-bond acceptors (Lipinski definition) is 4. The van der Waals surface area contributed by atoms with Gasteiger partial charge in [-0.1, -0.05) is 18.2 Å². The molecule has 0 amide bonds. The summed E-state index contributed by atoms with van der Waals surface area (Å²) in [6.07, 6.45) is 6.03. The minimum Gasteiger partial charge on any atom is -0.306 e. The van der Waals surface area contributed by atoms with E-state index in [0.717, 1.165) is 65.1 Å². The van der Waals surface area contributed by atoms with E-state index in [0.29, 0.717) is 11.4 Å². The lowest BCUT2D eigenvalue weighted by Gasteiger charge is -2.28. The standard InChI is InChI=1S/C25H29FN4/c1-16(2)15-30-18(4)17(3)12-24(28-30)21-13-20-6-7-23(27-25(20)22(26)14-21)19-8-10-29(5)11-9-19/h6-7,12-15,19H,4,8-11H2,1-3,5H3. The Kier molecular flexibility index (Phi) is 5.56. The Morgan fingerprint density at radius 1 is 1.20 bits per heavy atom. The highest BCUT2D eigenvalue weighted by molar-refractivity contribution is 6.11. The molecule has 2 aromatic rings. The van der Waals surface area contributed by atoms with Crippen LogP contribution in [-0.2, 0) is 0 Å². The van der Waals surface area contributed by atoms with E-state index in [1.807, 2.05) is 45.2 Å². The number of hydrazone groups is 1. The first-order valence-electron chi connectivity index (χ1n) is 10.5. The third-order valence-electron chi connectivity index (χ3n) is 5.88. The molecular formula is C25H29FN4. The monoisotopic (exact) mass is 404 g/mol. The molecule has 0 N–H and O–H groups in total. The van der Waals surface area contributed by atoms with Gasteiger partial charge in [-0.05, 0) is 83.6 Å². The second-order valence-electron chi connectivity index (χ2n) is 8.65. The number of halogens is 1. The molecule has 30 heavy (non-hydrogen) atoms. The van der Waals surface area contributed by atoms with Gasteiger partial charge in [-0.25, -0.2) is 14.4 Å². The Morgan fingerprint density at radius 3 is 2.63 bits per heavy atom. The smallest absolute Gasteiger partial charge is 0.150 e. The van der Waals surface area contributed by atoms with Crippen molar-refractivity contribution >= 4 is 16.6 Å². The Morgan fingerprint density at radius 2 is 1.93 bits per heavy atom. The van der Waals surface area contributed by atoms with Gasteiger partial charge in [-0.3, -0.25) is 0 Å². The van der Waals surface area contributed by atoms with Crippen LogP contribution in [0, 0.1) is 5.82 Å². The third-order valence-corrected chi connectivity index (χ3v) is 5.88. The number of benzene rings is 1. The third kappa shape index (κ3) is 4.08. The molecule has 0 radical (unpaired) electrons. The molecule has 0 atom stereocenters. The van der Waals surface area contributed by atoms with Gasteiger partial charge in [0.05, 0.1) is 11.4 Å². The van der Waals surface area contributed by atoms with Crippen molar-refractivity contribution in [2.45, 2.75) is 39.5 Å². The van der Waals surface area contributed by atoms with E-state index in [-0.39, 0.29) is 5.82 Å². The molecule has 5 heteroatoms. The first kappa shape index (κ1) is 20.5. The Balaban J connectivity index is 1.70. The van der Waals surface area contributed by atoms with Gasteiger partial charge < -0.3 is 4.90 Å². The largest absolute Gasteiger partial charge is 0.306 e. The maximum absolute atomic E-state index is 15.1. The van der Waals surface area contributed by atoms with Crippen molar-refractivity contribution in [3.05, 3.63) is 77.0 Å². The van der Waals surface area contributed by atoms with Crippen LogP contribution in [0.15, 0.2) is 65.1 Å². The minimum absolute atomic E-state index is 0.302. The fourth-order valence-corrected chi connectivity index (χ4v) is 4.05. The maximum Gasteiger partial charge on any atom is 0.150 e. The summed E-state index contributed by atoms with van der Waals surface area (Å²) in [5.41, 5.74) is 5.85. The lowest BCUT2D eigenvalue weighted by atomic mass is 9.92. The van der Waals surface area contributed by atoms with Gasteiger partial charge in [0.1, 0.15) is 11.3 Å². The summed E-state index contributed by atoms with van der Waals surface area (Å²) in [6, 6.07) is 7.57. The highest BCUT2D eigenvalue weighted by Gasteiger charge is 2.21. The molecule has 0 saturated carbocycles. The summed E-state index contributed by atoms with van der Waals surface area (Å²) in [5.74, 6) is 0.103. The molecule has 4 nitrogen and oxygen atoms in total. The van der Waals surface area contributed by atoms with Crippen LogP contribution < -0.4 is 0 Å². The lowest BCUT2D eigenvalue weighted by molar-refractivity contribution is 0.253. The Hall–Kier alpha value is -2.79. The van der Waals surface area contributed by atoms with Gasteiger partial charge in [0, 0.05) is 28.8 Å². The minimum atomic E-state index is -0.302. The second-order valence-corrected chi connectivity index (χ2v) is 8.65. The number of allylic oxidation sites excluding steroid dienone is 3. The Bertz CT molecular complexity index is 1080. The summed E-state index contributed by atoms with van der Waals surface area (Å²) >= 11 is 0. The van der Waals surface area contributed by atoms with Gasteiger partial charge in [0.25, 0.3) is 0 Å². The first-order chi connectivity index (χ1) is 14.3. The molecule has 156 valence electrons. The molecule has 1 saturated heterocycles. The van der Waals surface area contributed by atoms with Crippen LogP contribution in [0.5, 0.6) is 0 Å². The number of nitrogens with zero attached hydrogens (tertiary/aromatic N) is 4. The summed E-state index contributed by atoms with van der Waals surface area (Å²) in [5, 5.41) is 7.24. The average molecular weight is 405 g/mol. The van der Waals surface area contributed by atoms with E-state index in [1.54, 1.807) is 11.1 Å². The van der Waals surface area contributed by atoms with E-state index in [1.165, 1.54) is 0 Å². The van der Waals surface area contributed by atoms with Crippen molar-refractivity contribution in [3.63, 3.8) is 0 Å². The molecule has 1 fully saturated rings. The quantitative estimate of drug-likeness (QED) is 0.669. The highest BCUT2D eigenvalue weighted by Crippen LogP contribution is 2.30. The lowest BCUT2D eigenvalue weighted by Crippen LogP contribution is -2.29. The summed E-state index contributed by atoms with van der Waals surface area (Å²) in [6.45, 7) is 12.2. The number of likely N-dealkylation sites (tertiary alicyclic amines) is 1. The maximum atomic E-state index is 15.1. The normalized spacial score (nSPS) is 18.4. The van der Waals surface area contributed by atoms with Crippen molar-refractivity contribution in [2.75, 3.05) is 20.1 Å². The fourth-order valence-electron chi connectivity index (χ4n) is 4.05. The molecule has 1 aromatic heterocycles. The average Bonchev–Trinajstić information content (AvgIpc) is 2.71. The van der Waals surface area contributed by atoms with Gasteiger partial charge in [0.15, 0.2) is 0 Å². The van der Waals surface area contributed by atoms with Crippen LogP contribution in [0.3, 0.4) is 0 Å². The Labute approximate surface area is 178 Å². The van der Waals surface area contributed by atoms with Crippen LogP contribution in [-0.4, -0.2) is 40.7 Å². The molecule has 0 unspecified atom stereocenters. The zero-order valence-corrected chi connectivity index (χ0v) is 18.2. The van der Waals surface area contributed by atoms with Gasteiger partial charge >= 0.3 is 0 Å². The second kappa shape index (κ2) is 8.15. The van der Waals surface area contributed by atoms with Gasteiger partial charge in [0.2, 0.25) is 0 Å². The fraction of sp³-hybridized carbons (Fsp3) is 0.360. The summed E-state index contributed by atoms with van der Waals surface area (Å²) in [4.78, 5) is 7.04. The van der Waals surface area contributed by atoms with Crippen molar-refractivity contribution < 1.29 is 4.39 Å². The van der Waals surface area contributed by atoms with Crippen molar-refractivity contribution in [3.8, 4) is 0 Å². The molecular weight excluding hydrogens is 375 g/mol. The number of fused-ring (bicyclic) bond motifs is 1. The number of piperidine rings is 1. The predicted octanol–water partition coefficient (Wildman–Crippen LogP) is 5.59. The van der Waals surface area contributed by atoms with Gasteiger partial charge in [-0.15, -0.1) is 0 Å². The van der Waals surface area contributed by atoms with E-state index < -0.39 is 0 Å². The van der Waals surface area contributed by atoms with E-state index in [4.69, 9.17) is 4.98 Å². The number of pyridine rings is 1. The topological polar surface area (TPSA) is 31.7 Å². The summed E-state index contributed by atoms with van der Waals surface area (Å²) in [7, 11) is 2.14. The van der Waals surface area contributed by atoms with Crippen LogP contribution >= 0.6 is 0 Å². The van der Waals surface area contributed by atoms with Crippen LogP contribution in [0.1, 0.15) is 50.8 Å². The van der Waals surface area contributed by atoms with E-state index in [9.17, 15) is 0 Å². The number of rotatable bonds is 3. The molecule has 0 aliphatic carbocycles. The molecule has 2 aliphatic heterocycles. The molecule has 1 aromatic carbocycles. The zero-order valence-electron chi connectivity index (χ0n) is 18.2. The predicted molar refractivity (Wildman–Crippen MR) is 122 cm³/mol. The zero-order chi connectivity index (χ0) is 21.4. The molecule has 2 aliphatic rings. The summed E-state index contributed by atoms with van der Waals surface area (Å²) < 4.78 is 15.1. The van der Waals surface area contributed by atoms with Crippen LogP contribution in [0.25, 0.3) is 10.9 Å². The van der Waals surface area contributed by atoms with Crippen molar-refractivity contribution in [2.24, 2.45) is 5.10 Å². The molecule has 4 rings (SSSR count).